The van der Waals surface area contributed by atoms with Crippen LogP contribution >= 0.6 is 12.2 Å². The molecule has 0 fully saturated rings. The Labute approximate surface area is 66.6 Å². The van der Waals surface area contributed by atoms with Gasteiger partial charge in [0, 0.05) is 0 Å². The van der Waals surface area contributed by atoms with Crippen molar-refractivity contribution in [1.29, 1.82) is 0 Å². The average Bonchev–Trinajstić information content (AvgIpc) is 1.82. The van der Waals surface area contributed by atoms with Gasteiger partial charge in [-0.3, -0.25) is 0 Å². The van der Waals surface area contributed by atoms with Gasteiger partial charge in [-0.25, -0.2) is 9.59 Å². The minimum Gasteiger partial charge on any atom is -0.380 e. The van der Waals surface area contributed by atoms with Gasteiger partial charge in [0.15, 0.2) is 0 Å². The highest BCUT2D eigenvalue weighted by Crippen LogP contribution is 1.77. The summed E-state index contributed by atoms with van der Waals surface area (Å²) in [5.41, 5.74) is 10.8. The molecule has 0 aliphatic carbocycles. The smallest absolute Gasteiger partial charge is 0.380 e. The number of primary amides is 2. The number of hydroxylamine groups is 1. The van der Waals surface area contributed by atoms with Gasteiger partial charge in [0.1, 0.15) is 0 Å². The topological polar surface area (TPSA) is 117 Å². The number of rotatable bonds is 0. The number of amides is 2. The molecule has 2 amide bonds. The Kier molecular flexibility index (Phi) is 3.67. The maximum Gasteiger partial charge on any atom is 0.428 e. The molecule has 0 heterocycles. The number of hydrogen-bond acceptors (Lipinski definition) is 5. The molecule has 0 aliphatic rings. The molecule has 0 radical (unpaired) electrons. The van der Waals surface area contributed by atoms with Crippen molar-refractivity contribution >= 4 is 29.6 Å². The Hall–Kier alpha value is -1.57. The van der Waals surface area contributed by atoms with Crippen LogP contribution in [0.5, 0.6) is 0 Å². The van der Waals surface area contributed by atoms with Gasteiger partial charge in [-0.15, -0.1) is 0 Å². The first-order chi connectivity index (χ1) is 5.02. The fraction of sp³-hybridized carbons (Fsp3) is 0. The lowest BCUT2D eigenvalue weighted by Crippen LogP contribution is -2.33. The molecule has 0 aromatic heterocycles. The zero-order valence-corrected chi connectivity index (χ0v) is 6.01. The Bertz CT molecular complexity index is 193. The lowest BCUT2D eigenvalue weighted by molar-refractivity contribution is 0.119. The van der Waals surface area contributed by atoms with Crippen LogP contribution in [0.15, 0.2) is 0 Å². The van der Waals surface area contributed by atoms with E-state index in [1.807, 2.05) is 0 Å². The maximum atomic E-state index is 9.96. The Morgan fingerprint density at radius 1 is 1.27 bits per heavy atom. The first kappa shape index (κ1) is 9.43. The molecule has 5 N–H and O–H groups in total. The first-order valence-corrected chi connectivity index (χ1v) is 2.66. The molecule has 0 saturated heterocycles. The number of nitrogens with one attached hydrogen (secondary N) is 1. The molecule has 0 atom stereocenters. The zero-order valence-electron chi connectivity index (χ0n) is 5.20. The number of carbonyl (C=O) groups excluding carboxylic acids is 2. The molecule has 8 heteroatoms. The van der Waals surface area contributed by atoms with Crippen molar-refractivity contribution in [2.75, 3.05) is 0 Å². The molecule has 0 aliphatic heterocycles. The van der Waals surface area contributed by atoms with Gasteiger partial charge >= 0.3 is 12.2 Å². The number of carbonyl (C=O) groups is 2. The highest BCUT2D eigenvalue weighted by molar-refractivity contribution is 7.80. The summed E-state index contributed by atoms with van der Waals surface area (Å²) in [5, 5.41) is -0.490. The third-order valence-electron chi connectivity index (χ3n) is 0.428. The fourth-order valence-corrected chi connectivity index (χ4v) is 0.328. The van der Waals surface area contributed by atoms with Crippen LogP contribution in [0, 0.1) is 0 Å². The molecular formula is C3H5N3O4S. The Morgan fingerprint density at radius 2 is 1.82 bits per heavy atom. The average molecular weight is 179 g/mol. The van der Waals surface area contributed by atoms with E-state index in [2.05, 4.69) is 33.3 Å². The zero-order chi connectivity index (χ0) is 8.85. The summed E-state index contributed by atoms with van der Waals surface area (Å²) in [6.45, 7) is 0. The molecule has 62 valence electrons. The van der Waals surface area contributed by atoms with Crippen molar-refractivity contribution < 1.29 is 19.2 Å². The second-order valence-corrected chi connectivity index (χ2v) is 1.60. The van der Waals surface area contributed by atoms with Crippen molar-refractivity contribution in [2.24, 2.45) is 11.5 Å². The van der Waals surface area contributed by atoms with E-state index >= 15 is 0 Å². The summed E-state index contributed by atoms with van der Waals surface area (Å²) < 4.78 is 4.03. The van der Waals surface area contributed by atoms with Crippen LogP contribution in [0.4, 0.5) is 9.59 Å². The minimum absolute atomic E-state index is 0.490. The Balaban J connectivity index is 3.53. The van der Waals surface area contributed by atoms with Gasteiger partial charge in [0.25, 0.3) is 5.17 Å². The van der Waals surface area contributed by atoms with Crippen LogP contribution < -0.4 is 16.9 Å². The van der Waals surface area contributed by atoms with Crippen molar-refractivity contribution in [3.8, 4) is 0 Å². The maximum absolute atomic E-state index is 9.96. The fourth-order valence-electron chi connectivity index (χ4n) is 0.204. The second-order valence-electron chi connectivity index (χ2n) is 1.23. The van der Waals surface area contributed by atoms with Crippen molar-refractivity contribution in [3.05, 3.63) is 0 Å². The highest BCUT2D eigenvalue weighted by atomic mass is 32.1. The molecule has 0 bridgehead atoms. The Morgan fingerprint density at radius 3 is 2.18 bits per heavy atom. The molecule has 7 nitrogen and oxygen atoms in total. The number of hydrogen-bond donors (Lipinski definition) is 3. The van der Waals surface area contributed by atoms with E-state index in [0.717, 1.165) is 0 Å². The van der Waals surface area contributed by atoms with Crippen molar-refractivity contribution in [3.63, 3.8) is 0 Å². The molecule has 0 rings (SSSR count). The molecular weight excluding hydrogens is 174 g/mol. The van der Waals surface area contributed by atoms with Gasteiger partial charge in [-0.1, -0.05) is 0 Å². The van der Waals surface area contributed by atoms with Crippen LogP contribution in [0.2, 0.25) is 0 Å². The van der Waals surface area contributed by atoms with Crippen molar-refractivity contribution in [2.45, 2.75) is 0 Å². The quantitative estimate of drug-likeness (QED) is 0.323. The monoisotopic (exact) mass is 179 g/mol. The first-order valence-electron chi connectivity index (χ1n) is 2.26. The summed E-state index contributed by atoms with van der Waals surface area (Å²) in [7, 11) is 0. The van der Waals surface area contributed by atoms with Crippen LogP contribution in [0.3, 0.4) is 0 Å². The summed E-state index contributed by atoms with van der Waals surface area (Å²) >= 11 is 4.28. The number of ether oxygens (including phenoxy) is 1. The van der Waals surface area contributed by atoms with E-state index in [0.29, 0.717) is 0 Å². The number of thiocarbonyl (C=S) groups is 1. The SMILES string of the molecule is NC(=O)ONC(=S)OC(N)=O. The van der Waals surface area contributed by atoms with Crippen LogP contribution in [0.1, 0.15) is 0 Å². The van der Waals surface area contributed by atoms with Gasteiger partial charge in [0.2, 0.25) is 0 Å². The van der Waals surface area contributed by atoms with E-state index in [1.165, 1.54) is 0 Å². The normalized spacial score (nSPS) is 8.00. The number of nitrogens with two attached hydrogens (primary N) is 2. The van der Waals surface area contributed by atoms with E-state index in [4.69, 9.17) is 0 Å². The summed E-state index contributed by atoms with van der Waals surface area (Å²) in [6, 6.07) is 0. The van der Waals surface area contributed by atoms with Gasteiger partial charge in [0.05, 0.1) is 0 Å². The summed E-state index contributed by atoms with van der Waals surface area (Å²) in [6.07, 6.45) is -2.23. The predicted octanol–water partition coefficient (Wildman–Crippen LogP) is -1.03. The van der Waals surface area contributed by atoms with Crippen LogP contribution in [-0.4, -0.2) is 17.4 Å². The second kappa shape index (κ2) is 4.28. The molecule has 0 saturated carbocycles. The van der Waals surface area contributed by atoms with E-state index in [-0.39, 0.29) is 0 Å². The summed E-state index contributed by atoms with van der Waals surface area (Å²) in [5.74, 6) is 0. The van der Waals surface area contributed by atoms with Crippen LogP contribution in [-0.2, 0) is 9.57 Å². The van der Waals surface area contributed by atoms with Crippen molar-refractivity contribution in [1.82, 2.24) is 5.48 Å². The van der Waals surface area contributed by atoms with Crippen LogP contribution in [0.25, 0.3) is 0 Å². The molecule has 0 aromatic rings. The predicted molar refractivity (Wildman–Crippen MR) is 37.1 cm³/mol. The van der Waals surface area contributed by atoms with Gasteiger partial charge in [-0.05, 0) is 12.2 Å². The van der Waals surface area contributed by atoms with E-state index in [9.17, 15) is 9.59 Å². The largest absolute Gasteiger partial charge is 0.428 e. The lowest BCUT2D eigenvalue weighted by atomic mass is 11.2. The third-order valence-corrected chi connectivity index (χ3v) is 0.595. The standard InChI is InChI=1S/C3H5N3O4S/c4-1(7)9-3(11)6-10-2(5)8/h(H2,4,7)(H2,5,8)(H,6,11). The third kappa shape index (κ3) is 6.31. The minimum atomic E-state index is -1.12. The van der Waals surface area contributed by atoms with Gasteiger partial charge in [-0.2, -0.15) is 5.48 Å². The summed E-state index contributed by atoms with van der Waals surface area (Å²) in [4.78, 5) is 23.8. The van der Waals surface area contributed by atoms with E-state index in [1.54, 1.807) is 5.48 Å². The van der Waals surface area contributed by atoms with Gasteiger partial charge < -0.3 is 21.0 Å². The molecule has 0 unspecified atom stereocenters. The lowest BCUT2D eigenvalue weighted by Gasteiger charge is -2.02. The molecule has 11 heavy (non-hydrogen) atoms. The highest BCUT2D eigenvalue weighted by Gasteiger charge is 2.02. The van der Waals surface area contributed by atoms with E-state index < -0.39 is 17.4 Å². The molecule has 0 aromatic carbocycles. The molecule has 0 spiro atoms.